The first-order valence-electron chi connectivity index (χ1n) is 8.99. The summed E-state index contributed by atoms with van der Waals surface area (Å²) in [7, 11) is 1.70. The third-order valence-corrected chi connectivity index (χ3v) is 6.05. The van der Waals surface area contributed by atoms with Gasteiger partial charge in [0.05, 0.1) is 12.6 Å². The van der Waals surface area contributed by atoms with Crippen molar-refractivity contribution in [2.24, 2.45) is 0 Å². The molecule has 0 aliphatic carbocycles. The van der Waals surface area contributed by atoms with Gasteiger partial charge in [0.2, 0.25) is 0 Å². The van der Waals surface area contributed by atoms with Crippen LogP contribution in [0.2, 0.25) is 0 Å². The monoisotopic (exact) mass is 425 g/mol. The largest absolute Gasteiger partial charge is 0.497 e. The minimum atomic E-state index is -0.363. The van der Waals surface area contributed by atoms with Crippen LogP contribution < -0.4 is 9.64 Å². The van der Waals surface area contributed by atoms with Crippen molar-refractivity contribution in [3.63, 3.8) is 0 Å². The maximum atomic E-state index is 13.5. The summed E-state index contributed by atoms with van der Waals surface area (Å²) in [6.07, 6.45) is 0.913. The predicted octanol–water partition coefficient (Wildman–Crippen LogP) is 5.92. The van der Waals surface area contributed by atoms with Crippen molar-refractivity contribution in [3.8, 4) is 5.75 Å². The van der Waals surface area contributed by atoms with E-state index < -0.39 is 0 Å². The Balaban J connectivity index is 1.91. The van der Waals surface area contributed by atoms with Gasteiger partial charge in [-0.15, -0.1) is 0 Å². The van der Waals surface area contributed by atoms with Crippen molar-refractivity contribution in [2.45, 2.75) is 18.9 Å². The minimum Gasteiger partial charge on any atom is -0.497 e. The molecule has 0 amide bonds. The number of methoxy groups -OCH3 is 1. The van der Waals surface area contributed by atoms with Crippen LogP contribution >= 0.6 is 15.9 Å². The van der Waals surface area contributed by atoms with E-state index in [9.17, 15) is 4.39 Å². The Labute approximate surface area is 167 Å². The fraction of sp³-hybridized carbons (Fsp3) is 0.217. The van der Waals surface area contributed by atoms with Crippen molar-refractivity contribution in [3.05, 3.63) is 93.7 Å². The van der Waals surface area contributed by atoms with E-state index in [-0.39, 0.29) is 11.4 Å². The molecule has 4 heteroatoms. The zero-order valence-electron chi connectivity index (χ0n) is 15.4. The van der Waals surface area contributed by atoms with Gasteiger partial charge in [-0.1, -0.05) is 34.1 Å². The quantitative estimate of drug-likeness (QED) is 0.515. The Morgan fingerprint density at radius 3 is 2.37 bits per heavy atom. The second-order valence-electron chi connectivity index (χ2n) is 6.98. The van der Waals surface area contributed by atoms with E-state index in [0.717, 1.165) is 28.9 Å². The standard InChI is InChI=1S/C23H21BrFNO/c1-23(17-3-5-18(24)6-4-17)22-12-11-21(27-2)15-16(22)13-14-26(23)20-9-7-19(25)8-10-20/h3-12,15H,13-14H2,1-2H3. The fourth-order valence-electron chi connectivity index (χ4n) is 4.07. The number of nitrogens with zero attached hydrogens (tertiary/aromatic N) is 1. The summed E-state index contributed by atoms with van der Waals surface area (Å²) >= 11 is 3.53. The zero-order valence-corrected chi connectivity index (χ0v) is 17.0. The molecular formula is C23H21BrFNO. The van der Waals surface area contributed by atoms with Gasteiger partial charge in [0.25, 0.3) is 0 Å². The SMILES string of the molecule is COc1ccc2c(c1)CCN(c1ccc(F)cc1)C2(C)c1ccc(Br)cc1. The second-order valence-corrected chi connectivity index (χ2v) is 7.90. The number of ether oxygens (including phenoxy) is 1. The van der Waals surface area contributed by atoms with Gasteiger partial charge in [-0.05, 0) is 78.6 Å². The van der Waals surface area contributed by atoms with Gasteiger partial charge in [-0.25, -0.2) is 4.39 Å². The van der Waals surface area contributed by atoms with Gasteiger partial charge in [0.1, 0.15) is 11.6 Å². The summed E-state index contributed by atoms with van der Waals surface area (Å²) in [4.78, 5) is 2.37. The fourth-order valence-corrected chi connectivity index (χ4v) is 4.34. The predicted molar refractivity (Wildman–Crippen MR) is 111 cm³/mol. The molecule has 1 aliphatic heterocycles. The van der Waals surface area contributed by atoms with Crippen molar-refractivity contribution < 1.29 is 9.13 Å². The first-order valence-corrected chi connectivity index (χ1v) is 9.78. The summed E-state index contributed by atoms with van der Waals surface area (Å²) in [5, 5.41) is 0. The Kier molecular flexibility index (Phi) is 4.68. The lowest BCUT2D eigenvalue weighted by atomic mass is 9.76. The number of hydrogen-bond donors (Lipinski definition) is 0. The Morgan fingerprint density at radius 1 is 1.00 bits per heavy atom. The normalized spacial score (nSPS) is 18.9. The molecule has 0 spiro atoms. The van der Waals surface area contributed by atoms with Gasteiger partial charge in [0, 0.05) is 16.7 Å². The van der Waals surface area contributed by atoms with Crippen LogP contribution in [-0.4, -0.2) is 13.7 Å². The molecule has 27 heavy (non-hydrogen) atoms. The summed E-state index contributed by atoms with van der Waals surface area (Å²) in [6, 6.07) is 21.5. The highest BCUT2D eigenvalue weighted by Gasteiger charge is 2.40. The summed E-state index contributed by atoms with van der Waals surface area (Å²) in [5.41, 5.74) is 4.39. The first-order chi connectivity index (χ1) is 13.0. The minimum absolute atomic E-state index is 0.216. The highest BCUT2D eigenvalue weighted by Crippen LogP contribution is 2.44. The highest BCUT2D eigenvalue weighted by atomic mass is 79.9. The van der Waals surface area contributed by atoms with E-state index in [1.165, 1.54) is 28.8 Å². The van der Waals surface area contributed by atoms with E-state index in [1.54, 1.807) is 7.11 Å². The number of halogens is 2. The van der Waals surface area contributed by atoms with Crippen LogP contribution in [-0.2, 0) is 12.0 Å². The third-order valence-electron chi connectivity index (χ3n) is 5.53. The number of anilines is 1. The van der Waals surface area contributed by atoms with E-state index in [4.69, 9.17) is 4.74 Å². The summed E-state index contributed by atoms with van der Waals surface area (Å²) in [5.74, 6) is 0.661. The smallest absolute Gasteiger partial charge is 0.123 e. The Morgan fingerprint density at radius 2 is 1.70 bits per heavy atom. The van der Waals surface area contributed by atoms with Gasteiger partial charge in [0.15, 0.2) is 0 Å². The Hall–Kier alpha value is -2.33. The maximum absolute atomic E-state index is 13.5. The molecule has 4 rings (SSSR count). The van der Waals surface area contributed by atoms with E-state index >= 15 is 0 Å². The van der Waals surface area contributed by atoms with Crippen LogP contribution in [0.1, 0.15) is 23.6 Å². The molecule has 1 atom stereocenters. The molecule has 1 unspecified atom stereocenters. The molecule has 0 bridgehead atoms. The van der Waals surface area contributed by atoms with E-state index in [1.807, 2.05) is 18.2 Å². The number of rotatable bonds is 3. The lowest BCUT2D eigenvalue weighted by Gasteiger charge is -2.48. The van der Waals surface area contributed by atoms with Crippen LogP contribution in [0.3, 0.4) is 0 Å². The maximum Gasteiger partial charge on any atom is 0.123 e. The molecule has 0 fully saturated rings. The van der Waals surface area contributed by atoms with Crippen LogP contribution in [0.4, 0.5) is 10.1 Å². The van der Waals surface area contributed by atoms with Crippen LogP contribution in [0, 0.1) is 5.82 Å². The van der Waals surface area contributed by atoms with Gasteiger partial charge >= 0.3 is 0 Å². The molecule has 1 aliphatic rings. The average molecular weight is 426 g/mol. The molecule has 1 heterocycles. The molecule has 0 radical (unpaired) electrons. The van der Waals surface area contributed by atoms with Crippen molar-refractivity contribution in [1.29, 1.82) is 0 Å². The molecule has 3 aromatic carbocycles. The molecule has 2 nitrogen and oxygen atoms in total. The van der Waals surface area contributed by atoms with Gasteiger partial charge in [-0.3, -0.25) is 0 Å². The number of benzene rings is 3. The Bertz CT molecular complexity index is 955. The second kappa shape index (κ2) is 7.01. The van der Waals surface area contributed by atoms with Crippen LogP contribution in [0.25, 0.3) is 0 Å². The number of fused-ring (bicyclic) bond motifs is 1. The van der Waals surface area contributed by atoms with Crippen molar-refractivity contribution >= 4 is 21.6 Å². The summed E-state index contributed by atoms with van der Waals surface area (Å²) in [6.45, 7) is 3.09. The molecule has 138 valence electrons. The number of hydrogen-bond acceptors (Lipinski definition) is 2. The lowest BCUT2D eigenvalue weighted by molar-refractivity contribution is 0.411. The molecular weight excluding hydrogens is 405 g/mol. The molecule has 0 saturated carbocycles. The molecule has 0 N–H and O–H groups in total. The van der Waals surface area contributed by atoms with Gasteiger partial charge < -0.3 is 9.64 Å². The molecule has 0 aromatic heterocycles. The summed E-state index contributed by atoms with van der Waals surface area (Å²) < 4.78 is 20.0. The van der Waals surface area contributed by atoms with Crippen LogP contribution in [0.15, 0.2) is 71.2 Å². The zero-order chi connectivity index (χ0) is 19.0. The molecule has 0 saturated heterocycles. The average Bonchev–Trinajstić information content (AvgIpc) is 2.69. The van der Waals surface area contributed by atoms with Crippen molar-refractivity contribution in [2.75, 3.05) is 18.6 Å². The van der Waals surface area contributed by atoms with E-state index in [0.29, 0.717) is 0 Å². The molecule has 3 aromatic rings. The van der Waals surface area contributed by atoms with Gasteiger partial charge in [-0.2, -0.15) is 0 Å². The van der Waals surface area contributed by atoms with E-state index in [2.05, 4.69) is 64.2 Å². The highest BCUT2D eigenvalue weighted by molar-refractivity contribution is 9.10. The third kappa shape index (κ3) is 3.12. The lowest BCUT2D eigenvalue weighted by Crippen LogP contribution is -2.49. The van der Waals surface area contributed by atoms with Crippen LogP contribution in [0.5, 0.6) is 5.75 Å². The first kappa shape index (κ1) is 18.1. The topological polar surface area (TPSA) is 12.5 Å². The van der Waals surface area contributed by atoms with Crippen molar-refractivity contribution in [1.82, 2.24) is 0 Å².